The zero-order chi connectivity index (χ0) is 33.0. The van der Waals surface area contributed by atoms with E-state index in [0.717, 1.165) is 5.56 Å². The van der Waals surface area contributed by atoms with Gasteiger partial charge in [0.25, 0.3) is 0 Å². The molecule has 0 amide bonds. The first-order valence-corrected chi connectivity index (χ1v) is 13.5. The first-order chi connectivity index (χ1) is 21.1. The number of phenols is 1. The second-order valence-corrected chi connectivity index (χ2v) is 11.4. The number of aryl methyl sites for hydroxylation is 1. The predicted molar refractivity (Wildman–Crippen MR) is 154 cm³/mol. The topological polar surface area (TPSA) is 29.5 Å². The zero-order valence-electron chi connectivity index (χ0n) is 24.2. The van der Waals surface area contributed by atoms with Crippen LogP contribution < -0.4 is 4.74 Å². The third-order valence-electron chi connectivity index (χ3n) is 7.24. The molecule has 10 heteroatoms. The molecule has 0 saturated carbocycles. The number of ether oxygens (including phenoxy) is 1. The Morgan fingerprint density at radius 3 is 1.51 bits per heavy atom. The molecule has 0 aliphatic rings. The molecule has 0 fully saturated rings. The van der Waals surface area contributed by atoms with Crippen LogP contribution in [0, 0.1) is 53.5 Å². The molecular formula is C35H24F8O2. The van der Waals surface area contributed by atoms with E-state index >= 15 is 26.3 Å². The van der Waals surface area contributed by atoms with Gasteiger partial charge < -0.3 is 9.84 Å². The fourth-order valence-corrected chi connectivity index (χ4v) is 5.00. The summed E-state index contributed by atoms with van der Waals surface area (Å²) in [5.41, 5.74) is -4.62. The fraction of sp³-hybridized carbons (Fsp3) is 0.143. The van der Waals surface area contributed by atoms with Crippen molar-refractivity contribution in [2.75, 3.05) is 0 Å². The molecule has 0 unspecified atom stereocenters. The minimum atomic E-state index is -2.36. The summed E-state index contributed by atoms with van der Waals surface area (Å²) < 4.78 is 127. The molecule has 0 bridgehead atoms. The van der Waals surface area contributed by atoms with Crippen LogP contribution in [0.2, 0.25) is 0 Å². The minimum Gasteiger partial charge on any atom is -0.507 e. The number of hydrogen-bond donors (Lipinski definition) is 1. The second kappa shape index (κ2) is 11.6. The van der Waals surface area contributed by atoms with Gasteiger partial charge in [-0.05, 0) is 35.6 Å². The third-order valence-corrected chi connectivity index (χ3v) is 7.24. The van der Waals surface area contributed by atoms with Crippen molar-refractivity contribution in [3.05, 3.63) is 124 Å². The quantitative estimate of drug-likeness (QED) is 0.155. The Kier molecular flexibility index (Phi) is 8.12. The lowest BCUT2D eigenvalue weighted by molar-refractivity contribution is 0.366. The van der Waals surface area contributed by atoms with Crippen molar-refractivity contribution in [1.29, 1.82) is 0 Å². The number of halogens is 8. The van der Waals surface area contributed by atoms with Gasteiger partial charge in [0.2, 0.25) is 17.4 Å². The molecule has 0 heterocycles. The van der Waals surface area contributed by atoms with E-state index in [1.165, 1.54) is 32.9 Å². The van der Waals surface area contributed by atoms with Crippen LogP contribution in [0.5, 0.6) is 17.2 Å². The van der Waals surface area contributed by atoms with Crippen molar-refractivity contribution < 1.29 is 45.0 Å². The Morgan fingerprint density at radius 2 is 1.02 bits per heavy atom. The van der Waals surface area contributed by atoms with E-state index in [4.69, 9.17) is 4.74 Å². The van der Waals surface area contributed by atoms with E-state index in [9.17, 15) is 13.9 Å². The van der Waals surface area contributed by atoms with Crippen molar-refractivity contribution in [2.45, 2.75) is 33.1 Å². The van der Waals surface area contributed by atoms with Gasteiger partial charge in [-0.2, -0.15) is 8.78 Å². The summed E-state index contributed by atoms with van der Waals surface area (Å²) >= 11 is 0. The average Bonchev–Trinajstić information content (AvgIpc) is 2.99. The van der Waals surface area contributed by atoms with Crippen LogP contribution in [-0.2, 0) is 5.41 Å². The molecule has 45 heavy (non-hydrogen) atoms. The van der Waals surface area contributed by atoms with Crippen LogP contribution >= 0.6 is 0 Å². The first-order valence-electron chi connectivity index (χ1n) is 13.5. The van der Waals surface area contributed by atoms with Crippen molar-refractivity contribution in [3.8, 4) is 50.6 Å². The maximum Gasteiger partial charge on any atom is 0.205 e. The fourth-order valence-electron chi connectivity index (χ4n) is 5.00. The molecule has 232 valence electrons. The highest BCUT2D eigenvalue weighted by molar-refractivity contribution is 5.81. The molecule has 0 saturated heterocycles. The summed E-state index contributed by atoms with van der Waals surface area (Å²) in [7, 11) is 0. The summed E-state index contributed by atoms with van der Waals surface area (Å²) in [5, 5.41) is 10.8. The van der Waals surface area contributed by atoms with Crippen molar-refractivity contribution in [1.82, 2.24) is 0 Å². The van der Waals surface area contributed by atoms with Crippen molar-refractivity contribution in [3.63, 3.8) is 0 Å². The van der Waals surface area contributed by atoms with Gasteiger partial charge in [-0.1, -0.05) is 80.9 Å². The Labute approximate surface area is 253 Å². The largest absolute Gasteiger partial charge is 0.507 e. The molecule has 5 rings (SSSR count). The lowest BCUT2D eigenvalue weighted by Crippen LogP contribution is -2.20. The van der Waals surface area contributed by atoms with Gasteiger partial charge in [0.1, 0.15) is 11.5 Å². The monoisotopic (exact) mass is 628 g/mol. The van der Waals surface area contributed by atoms with Gasteiger partial charge >= 0.3 is 0 Å². The van der Waals surface area contributed by atoms with Gasteiger partial charge in [0, 0.05) is 16.7 Å². The van der Waals surface area contributed by atoms with Crippen LogP contribution in [-0.4, -0.2) is 5.11 Å². The number of phenolic OH excluding ortho intramolecular Hbond substituents is 1. The van der Waals surface area contributed by atoms with Gasteiger partial charge in [-0.15, -0.1) is 0 Å². The standard InChI is InChI=1S/C35H24F8O2/c1-16-10-12-18(13-11-16)20-14-21(44)19(17-8-6-5-7-9-17)15-22(20)45-34-32(42)28(38)24(29(39)33(34)43)23-26(36)30(40)25(35(2,3)4)31(41)27(23)37/h5-15,44H,1-4H3. The van der Waals surface area contributed by atoms with Crippen molar-refractivity contribution in [2.24, 2.45) is 0 Å². The molecule has 0 aliphatic carbocycles. The van der Waals surface area contributed by atoms with Gasteiger partial charge in [0.05, 0.1) is 11.1 Å². The molecule has 1 N–H and O–H groups in total. The Morgan fingerprint density at radius 1 is 0.556 bits per heavy atom. The molecule has 0 radical (unpaired) electrons. The van der Waals surface area contributed by atoms with E-state index in [1.807, 2.05) is 0 Å². The number of benzene rings is 5. The van der Waals surface area contributed by atoms with Crippen LogP contribution in [0.15, 0.2) is 66.7 Å². The summed E-state index contributed by atoms with van der Waals surface area (Å²) in [6, 6.07) is 17.3. The molecule has 0 spiro atoms. The highest BCUT2D eigenvalue weighted by Crippen LogP contribution is 2.46. The van der Waals surface area contributed by atoms with Crippen LogP contribution in [0.1, 0.15) is 31.9 Å². The summed E-state index contributed by atoms with van der Waals surface area (Å²) in [4.78, 5) is 0. The maximum absolute atomic E-state index is 15.5. The summed E-state index contributed by atoms with van der Waals surface area (Å²) in [6.45, 7) is 5.50. The summed E-state index contributed by atoms with van der Waals surface area (Å²) in [5.74, 6) is -19.9. The lowest BCUT2D eigenvalue weighted by atomic mass is 9.84. The smallest absolute Gasteiger partial charge is 0.205 e. The molecule has 5 aromatic carbocycles. The highest BCUT2D eigenvalue weighted by atomic mass is 19.2. The Balaban J connectivity index is 1.73. The first kappa shape index (κ1) is 31.6. The van der Waals surface area contributed by atoms with E-state index in [1.54, 1.807) is 61.5 Å². The summed E-state index contributed by atoms with van der Waals surface area (Å²) in [6.07, 6.45) is 0. The lowest BCUT2D eigenvalue weighted by Gasteiger charge is -2.23. The SMILES string of the molecule is Cc1ccc(-c2cc(O)c(-c3ccccc3)cc2Oc2c(F)c(F)c(-c3c(F)c(F)c(C(C)(C)C)c(F)c3F)c(F)c2F)cc1. The normalized spacial score (nSPS) is 11.6. The minimum absolute atomic E-state index is 0.0647. The second-order valence-electron chi connectivity index (χ2n) is 11.4. The molecular weight excluding hydrogens is 604 g/mol. The molecule has 5 aromatic rings. The Hall–Kier alpha value is -4.86. The molecule has 0 aromatic heterocycles. The van der Waals surface area contributed by atoms with E-state index in [2.05, 4.69) is 0 Å². The predicted octanol–water partition coefficient (Wildman–Crippen LogP) is 10.9. The van der Waals surface area contributed by atoms with Crippen LogP contribution in [0.25, 0.3) is 33.4 Å². The number of aromatic hydroxyl groups is 1. The molecule has 0 aliphatic heterocycles. The zero-order valence-corrected chi connectivity index (χ0v) is 24.2. The average molecular weight is 629 g/mol. The van der Waals surface area contributed by atoms with Crippen LogP contribution in [0.4, 0.5) is 35.1 Å². The van der Waals surface area contributed by atoms with Crippen LogP contribution in [0.3, 0.4) is 0 Å². The highest BCUT2D eigenvalue weighted by Gasteiger charge is 2.37. The third kappa shape index (κ3) is 5.49. The molecule has 2 nitrogen and oxygen atoms in total. The number of rotatable bonds is 5. The maximum atomic E-state index is 15.5. The van der Waals surface area contributed by atoms with E-state index in [-0.39, 0.29) is 22.6 Å². The van der Waals surface area contributed by atoms with Gasteiger partial charge in [-0.25, -0.2) is 26.3 Å². The van der Waals surface area contributed by atoms with Gasteiger partial charge in [-0.3, -0.25) is 0 Å². The van der Waals surface area contributed by atoms with E-state index in [0.29, 0.717) is 11.1 Å². The van der Waals surface area contributed by atoms with Gasteiger partial charge in [0.15, 0.2) is 34.9 Å². The Bertz CT molecular complexity index is 1890. The van der Waals surface area contributed by atoms with E-state index < -0.39 is 74.4 Å². The molecule has 0 atom stereocenters. The van der Waals surface area contributed by atoms with Crippen molar-refractivity contribution >= 4 is 0 Å². The number of hydrogen-bond acceptors (Lipinski definition) is 2.